The molecule has 1 aromatic carbocycles. The van der Waals surface area contributed by atoms with Gasteiger partial charge in [-0.25, -0.2) is 0 Å². The summed E-state index contributed by atoms with van der Waals surface area (Å²) in [5.41, 5.74) is 1.84. The molecule has 0 bridgehead atoms. The van der Waals surface area contributed by atoms with E-state index in [0.717, 1.165) is 16.9 Å². The average Bonchev–Trinajstić information content (AvgIpc) is 2.70. The van der Waals surface area contributed by atoms with Gasteiger partial charge in [-0.15, -0.1) is 0 Å². The van der Waals surface area contributed by atoms with Crippen molar-refractivity contribution >= 4 is 18.0 Å². The van der Waals surface area contributed by atoms with Crippen LogP contribution in [0, 0.1) is 0 Å². The number of amides is 1. The molecule has 2 aromatic rings. The Balaban J connectivity index is 1.70. The topological polar surface area (TPSA) is 77.5 Å². The fourth-order valence-corrected chi connectivity index (χ4v) is 2.24. The first kappa shape index (κ1) is 20.2. The molecule has 1 N–H and O–H groups in total. The summed E-state index contributed by atoms with van der Waals surface area (Å²) in [6, 6.07) is 11.1. The number of hydrogen-bond acceptors (Lipinski definition) is 5. The largest absolute Gasteiger partial charge is 0.494 e. The van der Waals surface area contributed by atoms with E-state index in [1.807, 2.05) is 36.4 Å². The Hall–Kier alpha value is -3.15. The Labute approximate surface area is 159 Å². The number of pyridine rings is 1. The fraction of sp³-hybridized carbons (Fsp3) is 0.286. The van der Waals surface area contributed by atoms with E-state index in [1.165, 1.54) is 6.08 Å². The summed E-state index contributed by atoms with van der Waals surface area (Å²) in [6.45, 7) is 3.07. The molecule has 6 nitrogen and oxygen atoms in total. The van der Waals surface area contributed by atoms with E-state index < -0.39 is 0 Å². The minimum absolute atomic E-state index is 0.168. The number of benzene rings is 1. The van der Waals surface area contributed by atoms with Crippen molar-refractivity contribution in [3.63, 3.8) is 0 Å². The van der Waals surface area contributed by atoms with Crippen LogP contribution in [0.3, 0.4) is 0 Å². The first-order valence-corrected chi connectivity index (χ1v) is 8.90. The average molecular weight is 368 g/mol. The second-order valence-corrected chi connectivity index (χ2v) is 5.74. The number of esters is 1. The van der Waals surface area contributed by atoms with Crippen LogP contribution >= 0.6 is 0 Å². The van der Waals surface area contributed by atoms with Gasteiger partial charge in [-0.3, -0.25) is 14.6 Å². The van der Waals surface area contributed by atoms with Gasteiger partial charge in [-0.05, 0) is 48.7 Å². The lowest BCUT2D eigenvalue weighted by Gasteiger charge is -2.06. The predicted octanol–water partition coefficient (Wildman–Crippen LogP) is 3.13. The van der Waals surface area contributed by atoms with Gasteiger partial charge < -0.3 is 14.8 Å². The lowest BCUT2D eigenvalue weighted by atomic mass is 10.2. The van der Waals surface area contributed by atoms with Crippen LogP contribution in [0.4, 0.5) is 0 Å². The maximum absolute atomic E-state index is 11.9. The molecule has 0 aliphatic heterocycles. The molecule has 0 saturated carbocycles. The van der Waals surface area contributed by atoms with Crippen molar-refractivity contribution in [2.75, 3.05) is 13.2 Å². The highest BCUT2D eigenvalue weighted by molar-refractivity contribution is 5.91. The minimum Gasteiger partial charge on any atom is -0.494 e. The van der Waals surface area contributed by atoms with Gasteiger partial charge in [0.15, 0.2) is 0 Å². The highest BCUT2D eigenvalue weighted by atomic mass is 16.5. The van der Waals surface area contributed by atoms with Crippen LogP contribution in [0.2, 0.25) is 0 Å². The van der Waals surface area contributed by atoms with Crippen molar-refractivity contribution < 1.29 is 19.1 Å². The zero-order valence-corrected chi connectivity index (χ0v) is 15.4. The summed E-state index contributed by atoms with van der Waals surface area (Å²) in [7, 11) is 0. The van der Waals surface area contributed by atoms with Gasteiger partial charge in [-0.1, -0.05) is 18.2 Å². The van der Waals surface area contributed by atoms with Crippen LogP contribution < -0.4 is 10.1 Å². The first-order chi connectivity index (χ1) is 13.2. The molecule has 27 heavy (non-hydrogen) atoms. The highest BCUT2D eigenvalue weighted by Gasteiger charge is 2.02. The van der Waals surface area contributed by atoms with Gasteiger partial charge >= 0.3 is 5.97 Å². The quantitative estimate of drug-likeness (QED) is 0.396. The Morgan fingerprint density at radius 3 is 2.70 bits per heavy atom. The molecule has 0 unspecified atom stereocenters. The van der Waals surface area contributed by atoms with E-state index in [-0.39, 0.29) is 11.9 Å². The number of aromatic nitrogens is 1. The number of ether oxygens (including phenoxy) is 2. The second-order valence-electron chi connectivity index (χ2n) is 5.74. The molecule has 142 valence electrons. The molecule has 6 heteroatoms. The van der Waals surface area contributed by atoms with Crippen LogP contribution in [-0.2, 0) is 20.9 Å². The smallest absolute Gasteiger partial charge is 0.305 e. The third kappa shape index (κ3) is 8.18. The van der Waals surface area contributed by atoms with Crippen molar-refractivity contribution in [2.24, 2.45) is 0 Å². The molecule has 0 saturated heterocycles. The third-order valence-corrected chi connectivity index (χ3v) is 3.60. The summed E-state index contributed by atoms with van der Waals surface area (Å²) in [6.07, 6.45) is 7.60. The molecule has 1 amide bonds. The number of nitrogens with one attached hydrogen (secondary N) is 1. The maximum Gasteiger partial charge on any atom is 0.305 e. The van der Waals surface area contributed by atoms with E-state index in [9.17, 15) is 9.59 Å². The van der Waals surface area contributed by atoms with Crippen molar-refractivity contribution in [1.82, 2.24) is 10.3 Å². The number of carbonyl (C=O) groups excluding carboxylic acids is 2. The van der Waals surface area contributed by atoms with E-state index in [2.05, 4.69) is 10.3 Å². The van der Waals surface area contributed by atoms with Crippen molar-refractivity contribution in [2.45, 2.75) is 26.3 Å². The van der Waals surface area contributed by atoms with Gasteiger partial charge in [0, 0.05) is 31.4 Å². The van der Waals surface area contributed by atoms with E-state index in [4.69, 9.17) is 9.47 Å². The third-order valence-electron chi connectivity index (χ3n) is 3.60. The number of rotatable bonds is 10. The van der Waals surface area contributed by atoms with Crippen LogP contribution in [0.5, 0.6) is 5.75 Å². The van der Waals surface area contributed by atoms with Crippen LogP contribution in [-0.4, -0.2) is 30.1 Å². The number of nitrogens with zero attached hydrogens (tertiary/aromatic N) is 1. The molecule has 0 radical (unpaired) electrons. The highest BCUT2D eigenvalue weighted by Crippen LogP contribution is 2.13. The molecular formula is C21H24N2O4. The second kappa shape index (κ2) is 11.5. The van der Waals surface area contributed by atoms with Gasteiger partial charge in [0.05, 0.1) is 13.2 Å². The van der Waals surface area contributed by atoms with E-state index in [1.54, 1.807) is 25.4 Å². The summed E-state index contributed by atoms with van der Waals surface area (Å²) < 4.78 is 10.4. The SMILES string of the molecule is CCOC(=O)CCCOc1ccc(/C=C/C(=O)NCc2cccnc2)cc1. The molecule has 2 rings (SSSR count). The van der Waals surface area contributed by atoms with Crippen molar-refractivity contribution in [1.29, 1.82) is 0 Å². The number of hydrogen-bond donors (Lipinski definition) is 1. The minimum atomic E-state index is -0.205. The van der Waals surface area contributed by atoms with Gasteiger partial charge in [0.2, 0.25) is 5.91 Å². The summed E-state index contributed by atoms with van der Waals surface area (Å²) in [5.74, 6) is 0.346. The molecule has 0 atom stereocenters. The van der Waals surface area contributed by atoms with Crippen LogP contribution in [0.25, 0.3) is 6.08 Å². The predicted molar refractivity (Wildman–Crippen MR) is 103 cm³/mol. The van der Waals surface area contributed by atoms with E-state index >= 15 is 0 Å². The molecule has 0 aliphatic carbocycles. The fourth-order valence-electron chi connectivity index (χ4n) is 2.24. The van der Waals surface area contributed by atoms with Gasteiger partial charge in [0.1, 0.15) is 5.75 Å². The van der Waals surface area contributed by atoms with Gasteiger partial charge in [-0.2, -0.15) is 0 Å². The van der Waals surface area contributed by atoms with Gasteiger partial charge in [0.25, 0.3) is 0 Å². The molecule has 1 heterocycles. The monoisotopic (exact) mass is 368 g/mol. The lowest BCUT2D eigenvalue weighted by molar-refractivity contribution is -0.143. The lowest BCUT2D eigenvalue weighted by Crippen LogP contribution is -2.20. The van der Waals surface area contributed by atoms with Crippen molar-refractivity contribution in [3.05, 3.63) is 66.0 Å². The van der Waals surface area contributed by atoms with Crippen LogP contribution in [0.1, 0.15) is 30.9 Å². The number of carbonyl (C=O) groups is 2. The van der Waals surface area contributed by atoms with Crippen LogP contribution in [0.15, 0.2) is 54.9 Å². The Bertz CT molecular complexity index is 743. The Morgan fingerprint density at radius 2 is 2.00 bits per heavy atom. The summed E-state index contributed by atoms with van der Waals surface area (Å²) in [5, 5.41) is 2.80. The Kier molecular flexibility index (Phi) is 8.56. The summed E-state index contributed by atoms with van der Waals surface area (Å²) in [4.78, 5) is 27.1. The molecule has 0 aliphatic rings. The van der Waals surface area contributed by atoms with E-state index in [0.29, 0.717) is 32.6 Å². The van der Waals surface area contributed by atoms with Crippen molar-refractivity contribution in [3.8, 4) is 5.75 Å². The Morgan fingerprint density at radius 1 is 1.19 bits per heavy atom. The molecule has 0 spiro atoms. The molecule has 0 fully saturated rings. The zero-order chi connectivity index (χ0) is 19.3. The molecular weight excluding hydrogens is 344 g/mol. The first-order valence-electron chi connectivity index (χ1n) is 8.90. The zero-order valence-electron chi connectivity index (χ0n) is 15.4. The standard InChI is InChI=1S/C21H24N2O4/c1-2-26-21(25)6-4-14-27-19-10-7-17(8-11-19)9-12-20(24)23-16-18-5-3-13-22-15-18/h3,5,7-13,15H,2,4,6,14,16H2,1H3,(H,23,24)/b12-9+. The normalized spacial score (nSPS) is 10.6. The maximum atomic E-state index is 11.9. The molecule has 1 aromatic heterocycles. The summed E-state index contributed by atoms with van der Waals surface area (Å²) >= 11 is 0.